The smallest absolute Gasteiger partial charge is 0.243 e. The maximum Gasteiger partial charge on any atom is 0.243 e. The van der Waals surface area contributed by atoms with E-state index in [2.05, 4.69) is 34.4 Å². The highest BCUT2D eigenvalue weighted by Gasteiger charge is 2.20. The normalized spacial score (nSPS) is 11.7. The van der Waals surface area contributed by atoms with E-state index in [1.54, 1.807) is 12.4 Å². The molecule has 0 unspecified atom stereocenters. The number of carbonyl (C=O) groups excluding carboxylic acids is 1. The second-order valence-corrected chi connectivity index (χ2v) is 6.34. The van der Waals surface area contributed by atoms with Crippen molar-refractivity contribution in [2.45, 2.75) is 26.3 Å². The monoisotopic (exact) mass is 329 g/mol. The molecule has 0 bridgehead atoms. The highest BCUT2D eigenvalue weighted by molar-refractivity contribution is 7.14. The third-order valence-electron chi connectivity index (χ3n) is 3.12. The number of carbonyl (C=O) groups is 1. The standard InChI is InChI=1S/C16H19N5OS/c1-11(2)8-13(15(22)19-7-5-17)20-16-21-14(10-23-16)12-4-3-6-18-9-12/h3-4,6,9-11,13H,7-8H2,1-2H3,(H,19,22)(H,20,21)/t13-/m0/s1. The highest BCUT2D eigenvalue weighted by Crippen LogP contribution is 2.25. The van der Waals surface area contributed by atoms with Gasteiger partial charge in [0.25, 0.3) is 0 Å². The van der Waals surface area contributed by atoms with E-state index in [-0.39, 0.29) is 12.5 Å². The van der Waals surface area contributed by atoms with Gasteiger partial charge in [-0.15, -0.1) is 11.3 Å². The Morgan fingerprint density at radius 3 is 2.96 bits per heavy atom. The van der Waals surface area contributed by atoms with E-state index in [4.69, 9.17) is 5.26 Å². The number of hydrogen-bond donors (Lipinski definition) is 2. The van der Waals surface area contributed by atoms with Crippen molar-refractivity contribution in [3.05, 3.63) is 29.9 Å². The Bertz CT molecular complexity index is 677. The fourth-order valence-corrected chi connectivity index (χ4v) is 2.86. The van der Waals surface area contributed by atoms with E-state index in [9.17, 15) is 4.79 Å². The van der Waals surface area contributed by atoms with Crippen LogP contribution >= 0.6 is 11.3 Å². The van der Waals surface area contributed by atoms with Crippen molar-refractivity contribution in [1.29, 1.82) is 5.26 Å². The summed E-state index contributed by atoms with van der Waals surface area (Å²) in [7, 11) is 0. The molecule has 0 spiro atoms. The quantitative estimate of drug-likeness (QED) is 0.762. The van der Waals surface area contributed by atoms with Crippen LogP contribution in [0.5, 0.6) is 0 Å². The molecule has 0 saturated heterocycles. The Morgan fingerprint density at radius 2 is 2.30 bits per heavy atom. The molecule has 23 heavy (non-hydrogen) atoms. The molecule has 2 aromatic heterocycles. The summed E-state index contributed by atoms with van der Waals surface area (Å²) >= 11 is 1.45. The predicted molar refractivity (Wildman–Crippen MR) is 90.8 cm³/mol. The minimum atomic E-state index is -0.406. The minimum Gasteiger partial charge on any atom is -0.350 e. The number of pyridine rings is 1. The maximum absolute atomic E-state index is 12.2. The lowest BCUT2D eigenvalue weighted by atomic mass is 10.0. The van der Waals surface area contributed by atoms with Crippen molar-refractivity contribution in [1.82, 2.24) is 15.3 Å². The van der Waals surface area contributed by atoms with Crippen molar-refractivity contribution in [3.63, 3.8) is 0 Å². The Morgan fingerprint density at radius 1 is 1.48 bits per heavy atom. The molecule has 1 amide bonds. The molecule has 0 aliphatic rings. The minimum absolute atomic E-state index is 0.00785. The summed E-state index contributed by atoms with van der Waals surface area (Å²) in [6, 6.07) is 5.31. The third-order valence-corrected chi connectivity index (χ3v) is 3.90. The van der Waals surface area contributed by atoms with Gasteiger partial charge in [0.15, 0.2) is 5.13 Å². The van der Waals surface area contributed by atoms with Crippen molar-refractivity contribution in [3.8, 4) is 17.3 Å². The average Bonchev–Trinajstić information content (AvgIpc) is 3.01. The molecule has 2 rings (SSSR count). The number of anilines is 1. The first-order valence-corrected chi connectivity index (χ1v) is 8.25. The van der Waals surface area contributed by atoms with Gasteiger partial charge in [-0.05, 0) is 24.5 Å². The molecule has 1 atom stereocenters. The fourth-order valence-electron chi connectivity index (χ4n) is 2.09. The summed E-state index contributed by atoms with van der Waals surface area (Å²) in [5, 5.41) is 17.0. The molecule has 7 heteroatoms. The first-order chi connectivity index (χ1) is 11.1. The molecule has 0 aromatic carbocycles. The van der Waals surface area contributed by atoms with Gasteiger partial charge in [0.2, 0.25) is 5.91 Å². The number of nitrogens with zero attached hydrogens (tertiary/aromatic N) is 3. The zero-order chi connectivity index (χ0) is 16.7. The Balaban J connectivity index is 2.09. The number of amides is 1. The zero-order valence-corrected chi connectivity index (χ0v) is 13.9. The van der Waals surface area contributed by atoms with Gasteiger partial charge in [-0.1, -0.05) is 13.8 Å². The van der Waals surface area contributed by atoms with E-state index in [1.165, 1.54) is 11.3 Å². The number of nitrogens with one attached hydrogen (secondary N) is 2. The van der Waals surface area contributed by atoms with Crippen molar-refractivity contribution < 1.29 is 4.79 Å². The topological polar surface area (TPSA) is 90.7 Å². The Hall–Kier alpha value is -2.46. The number of thiazole rings is 1. The summed E-state index contributed by atoms with van der Waals surface area (Å²) in [4.78, 5) is 20.8. The zero-order valence-electron chi connectivity index (χ0n) is 13.1. The van der Waals surface area contributed by atoms with E-state index in [0.29, 0.717) is 17.5 Å². The Kier molecular flexibility index (Phi) is 6.06. The molecule has 0 aliphatic carbocycles. The van der Waals surface area contributed by atoms with Crippen LogP contribution in [0.15, 0.2) is 29.9 Å². The Labute approximate surface area is 139 Å². The molecule has 6 nitrogen and oxygen atoms in total. The molecule has 2 N–H and O–H groups in total. The van der Waals surface area contributed by atoms with E-state index in [1.807, 2.05) is 23.6 Å². The van der Waals surface area contributed by atoms with Crippen LogP contribution in [0, 0.1) is 17.2 Å². The van der Waals surface area contributed by atoms with Gasteiger partial charge in [0.05, 0.1) is 11.8 Å². The average molecular weight is 329 g/mol. The number of rotatable bonds is 7. The summed E-state index contributed by atoms with van der Waals surface area (Å²) in [5.74, 6) is 0.163. The summed E-state index contributed by atoms with van der Waals surface area (Å²) in [5.41, 5.74) is 1.76. The lowest BCUT2D eigenvalue weighted by molar-refractivity contribution is -0.121. The first kappa shape index (κ1) is 16.9. The molecular weight excluding hydrogens is 310 g/mol. The summed E-state index contributed by atoms with van der Waals surface area (Å²) in [6.45, 7) is 4.11. The van der Waals surface area contributed by atoms with Crippen LogP contribution < -0.4 is 10.6 Å². The van der Waals surface area contributed by atoms with Crippen LogP contribution in [0.25, 0.3) is 11.3 Å². The predicted octanol–water partition coefficient (Wildman–Crippen LogP) is 2.67. The van der Waals surface area contributed by atoms with Crippen molar-refractivity contribution >= 4 is 22.4 Å². The van der Waals surface area contributed by atoms with Crippen molar-refractivity contribution in [2.75, 3.05) is 11.9 Å². The first-order valence-electron chi connectivity index (χ1n) is 7.37. The molecular formula is C16H19N5OS. The van der Waals surface area contributed by atoms with Gasteiger partial charge >= 0.3 is 0 Å². The fraction of sp³-hybridized carbons (Fsp3) is 0.375. The maximum atomic E-state index is 12.2. The van der Waals surface area contributed by atoms with Gasteiger partial charge in [-0.25, -0.2) is 4.98 Å². The van der Waals surface area contributed by atoms with Crippen LogP contribution in [0.3, 0.4) is 0 Å². The summed E-state index contributed by atoms with van der Waals surface area (Å²) < 4.78 is 0. The lowest BCUT2D eigenvalue weighted by Crippen LogP contribution is -2.40. The van der Waals surface area contributed by atoms with Crippen LogP contribution in [0.1, 0.15) is 20.3 Å². The second-order valence-electron chi connectivity index (χ2n) is 5.48. The summed E-state index contributed by atoms with van der Waals surface area (Å²) in [6.07, 6.45) is 4.14. The van der Waals surface area contributed by atoms with Gasteiger partial charge in [-0.2, -0.15) is 5.26 Å². The van der Waals surface area contributed by atoms with E-state index >= 15 is 0 Å². The van der Waals surface area contributed by atoms with Crippen LogP contribution in [-0.2, 0) is 4.79 Å². The molecule has 2 aromatic rings. The van der Waals surface area contributed by atoms with Gasteiger partial charge < -0.3 is 10.6 Å². The molecule has 120 valence electrons. The van der Waals surface area contributed by atoms with Gasteiger partial charge in [0.1, 0.15) is 12.6 Å². The van der Waals surface area contributed by atoms with E-state index in [0.717, 1.165) is 11.3 Å². The number of hydrogen-bond acceptors (Lipinski definition) is 6. The second kappa shape index (κ2) is 8.25. The number of nitriles is 1. The van der Waals surface area contributed by atoms with Crippen LogP contribution in [0.2, 0.25) is 0 Å². The van der Waals surface area contributed by atoms with Crippen LogP contribution in [-0.4, -0.2) is 28.5 Å². The molecule has 0 saturated carbocycles. The molecule has 0 aliphatic heterocycles. The molecule has 2 heterocycles. The SMILES string of the molecule is CC(C)C[C@H](Nc1nc(-c2cccnc2)cs1)C(=O)NCC#N. The highest BCUT2D eigenvalue weighted by atomic mass is 32.1. The van der Waals surface area contributed by atoms with Gasteiger partial charge in [-0.3, -0.25) is 9.78 Å². The molecule has 0 fully saturated rings. The van der Waals surface area contributed by atoms with Crippen molar-refractivity contribution in [2.24, 2.45) is 5.92 Å². The van der Waals surface area contributed by atoms with E-state index < -0.39 is 6.04 Å². The lowest BCUT2D eigenvalue weighted by Gasteiger charge is -2.18. The molecule has 0 radical (unpaired) electrons. The third kappa shape index (κ3) is 5.04. The van der Waals surface area contributed by atoms with Gasteiger partial charge in [0, 0.05) is 23.3 Å². The largest absolute Gasteiger partial charge is 0.350 e. The number of aromatic nitrogens is 2. The van der Waals surface area contributed by atoms with Crippen LogP contribution in [0.4, 0.5) is 5.13 Å².